The molecule has 2 rings (SSSR count). The summed E-state index contributed by atoms with van der Waals surface area (Å²) in [5.41, 5.74) is 1.36. The normalized spacial score (nSPS) is 10.8. The minimum Gasteiger partial charge on any atom is -0.481 e. The molecule has 0 unspecified atom stereocenters. The molecule has 16 heavy (non-hydrogen) atoms. The molecule has 0 saturated heterocycles. The van der Waals surface area contributed by atoms with Crippen LogP contribution in [-0.4, -0.2) is 21.8 Å². The maximum Gasteiger partial charge on any atom is 0.313 e. The molecular weight excluding hydrogens is 250 g/mol. The molecule has 0 bridgehead atoms. The standard InChI is InChI=1S/C10H8ClNO3S/c11-6-1-2-8-7(3-6)12-9(15-8)4-16-5-10(13)14/h1-3H,4-5H2,(H,13,14). The number of fused-ring (bicyclic) bond motifs is 1. The van der Waals surface area contributed by atoms with Crippen molar-refractivity contribution in [1.82, 2.24) is 4.98 Å². The summed E-state index contributed by atoms with van der Waals surface area (Å²) < 4.78 is 5.42. The third-order valence-electron chi connectivity index (χ3n) is 1.84. The van der Waals surface area contributed by atoms with Gasteiger partial charge in [-0.3, -0.25) is 4.79 Å². The number of rotatable bonds is 4. The Hall–Kier alpha value is -1.20. The molecule has 0 atom stereocenters. The SMILES string of the molecule is O=C(O)CSCc1nc2cc(Cl)ccc2o1. The predicted molar refractivity (Wildman–Crippen MR) is 62.8 cm³/mol. The van der Waals surface area contributed by atoms with Crippen LogP contribution in [0.5, 0.6) is 0 Å². The summed E-state index contributed by atoms with van der Waals surface area (Å²) in [6, 6.07) is 5.19. The van der Waals surface area contributed by atoms with E-state index in [1.807, 2.05) is 0 Å². The Balaban J connectivity index is 2.10. The lowest BCUT2D eigenvalue weighted by Gasteiger charge is -1.91. The van der Waals surface area contributed by atoms with Gasteiger partial charge in [-0.15, -0.1) is 11.8 Å². The second-order valence-corrected chi connectivity index (χ2v) is 4.53. The first kappa shape index (κ1) is 11.3. The fraction of sp³-hybridized carbons (Fsp3) is 0.200. The minimum atomic E-state index is -0.843. The van der Waals surface area contributed by atoms with Crippen molar-refractivity contribution in [1.29, 1.82) is 0 Å². The van der Waals surface area contributed by atoms with E-state index in [0.29, 0.717) is 27.8 Å². The molecule has 0 radical (unpaired) electrons. The van der Waals surface area contributed by atoms with Gasteiger partial charge >= 0.3 is 5.97 Å². The van der Waals surface area contributed by atoms with Crippen molar-refractivity contribution in [3.63, 3.8) is 0 Å². The number of aliphatic carboxylic acids is 1. The van der Waals surface area contributed by atoms with Crippen LogP contribution in [0, 0.1) is 0 Å². The van der Waals surface area contributed by atoms with Gasteiger partial charge in [0.15, 0.2) is 5.58 Å². The summed E-state index contributed by atoms with van der Waals surface area (Å²) in [5.74, 6) is 0.158. The van der Waals surface area contributed by atoms with E-state index in [-0.39, 0.29) is 5.75 Å². The minimum absolute atomic E-state index is 0.0412. The maximum atomic E-state index is 10.3. The van der Waals surface area contributed by atoms with Crippen LogP contribution >= 0.6 is 23.4 Å². The van der Waals surface area contributed by atoms with Gasteiger partial charge in [0.2, 0.25) is 5.89 Å². The number of oxazole rings is 1. The summed E-state index contributed by atoms with van der Waals surface area (Å²) >= 11 is 7.05. The summed E-state index contributed by atoms with van der Waals surface area (Å²) in [5, 5.41) is 9.08. The van der Waals surface area contributed by atoms with Gasteiger partial charge in [-0.2, -0.15) is 0 Å². The molecule has 1 aromatic carbocycles. The van der Waals surface area contributed by atoms with E-state index < -0.39 is 5.97 Å². The highest BCUT2D eigenvalue weighted by Crippen LogP contribution is 2.22. The van der Waals surface area contributed by atoms with Crippen LogP contribution in [0.4, 0.5) is 0 Å². The van der Waals surface area contributed by atoms with E-state index in [1.54, 1.807) is 18.2 Å². The van der Waals surface area contributed by atoms with Crippen LogP contribution in [0.2, 0.25) is 5.02 Å². The molecule has 4 nitrogen and oxygen atoms in total. The molecule has 1 N–H and O–H groups in total. The third-order valence-corrected chi connectivity index (χ3v) is 2.98. The summed E-state index contributed by atoms with van der Waals surface area (Å²) in [4.78, 5) is 14.5. The van der Waals surface area contributed by atoms with Gasteiger partial charge in [0, 0.05) is 5.02 Å². The summed E-state index contributed by atoms with van der Waals surface area (Å²) in [6.07, 6.45) is 0. The highest BCUT2D eigenvalue weighted by Gasteiger charge is 2.07. The van der Waals surface area contributed by atoms with Crippen molar-refractivity contribution in [3.8, 4) is 0 Å². The van der Waals surface area contributed by atoms with Crippen molar-refractivity contribution in [2.75, 3.05) is 5.75 Å². The first-order chi connectivity index (χ1) is 7.65. The Kier molecular flexibility index (Phi) is 3.36. The predicted octanol–water partition coefficient (Wildman–Crippen LogP) is 2.80. The highest BCUT2D eigenvalue weighted by atomic mass is 35.5. The van der Waals surface area contributed by atoms with Gasteiger partial charge < -0.3 is 9.52 Å². The van der Waals surface area contributed by atoms with Crippen LogP contribution < -0.4 is 0 Å². The van der Waals surface area contributed by atoms with Gasteiger partial charge in [0.1, 0.15) is 5.52 Å². The quantitative estimate of drug-likeness (QED) is 0.912. The van der Waals surface area contributed by atoms with Crippen molar-refractivity contribution in [2.45, 2.75) is 5.75 Å². The zero-order chi connectivity index (χ0) is 11.5. The van der Waals surface area contributed by atoms with E-state index in [4.69, 9.17) is 21.1 Å². The number of aromatic nitrogens is 1. The Morgan fingerprint density at radius 1 is 1.56 bits per heavy atom. The first-order valence-electron chi connectivity index (χ1n) is 4.49. The highest BCUT2D eigenvalue weighted by molar-refractivity contribution is 7.99. The molecule has 0 aliphatic heterocycles. The first-order valence-corrected chi connectivity index (χ1v) is 6.03. The Bertz CT molecular complexity index is 526. The zero-order valence-electron chi connectivity index (χ0n) is 8.14. The molecule has 0 amide bonds. The number of thioether (sulfide) groups is 1. The molecular formula is C10H8ClNO3S. The number of nitrogens with zero attached hydrogens (tertiary/aromatic N) is 1. The number of carbonyl (C=O) groups is 1. The van der Waals surface area contributed by atoms with Crippen molar-refractivity contribution >= 4 is 40.4 Å². The summed E-state index contributed by atoms with van der Waals surface area (Å²) in [7, 11) is 0. The van der Waals surface area contributed by atoms with Crippen molar-refractivity contribution in [3.05, 3.63) is 29.1 Å². The molecule has 6 heteroatoms. The van der Waals surface area contributed by atoms with E-state index >= 15 is 0 Å². The molecule has 0 saturated carbocycles. The Morgan fingerprint density at radius 2 is 2.38 bits per heavy atom. The van der Waals surface area contributed by atoms with Gasteiger partial charge in [-0.05, 0) is 18.2 Å². The van der Waals surface area contributed by atoms with E-state index in [2.05, 4.69) is 4.98 Å². The van der Waals surface area contributed by atoms with Crippen molar-refractivity contribution in [2.24, 2.45) is 0 Å². The summed E-state index contributed by atoms with van der Waals surface area (Å²) in [6.45, 7) is 0. The van der Waals surface area contributed by atoms with E-state index in [0.717, 1.165) is 0 Å². The van der Waals surface area contributed by atoms with Gasteiger partial charge in [0.05, 0.1) is 11.5 Å². The van der Waals surface area contributed by atoms with Gasteiger partial charge in [0.25, 0.3) is 0 Å². The number of carboxylic acids is 1. The molecule has 0 fully saturated rings. The van der Waals surface area contributed by atoms with Crippen LogP contribution in [-0.2, 0) is 10.5 Å². The fourth-order valence-corrected chi connectivity index (χ4v) is 1.98. The van der Waals surface area contributed by atoms with Crippen LogP contribution in [0.15, 0.2) is 22.6 Å². The molecule has 1 aromatic heterocycles. The number of hydrogen-bond acceptors (Lipinski definition) is 4. The van der Waals surface area contributed by atoms with Crippen molar-refractivity contribution < 1.29 is 14.3 Å². The molecule has 0 spiro atoms. The number of halogens is 1. The Labute approximate surface area is 101 Å². The molecule has 0 aliphatic carbocycles. The molecule has 2 aromatic rings. The lowest BCUT2D eigenvalue weighted by molar-refractivity contribution is -0.133. The van der Waals surface area contributed by atoms with Gasteiger partial charge in [-0.1, -0.05) is 11.6 Å². The maximum absolute atomic E-state index is 10.3. The number of carboxylic acid groups (broad SMARTS) is 1. The lowest BCUT2D eigenvalue weighted by atomic mass is 10.3. The van der Waals surface area contributed by atoms with Crippen LogP contribution in [0.25, 0.3) is 11.1 Å². The van der Waals surface area contributed by atoms with E-state index in [1.165, 1.54) is 11.8 Å². The van der Waals surface area contributed by atoms with Gasteiger partial charge in [-0.25, -0.2) is 4.98 Å². The second-order valence-electron chi connectivity index (χ2n) is 3.11. The topological polar surface area (TPSA) is 63.3 Å². The Morgan fingerprint density at radius 3 is 3.12 bits per heavy atom. The molecule has 84 valence electrons. The largest absolute Gasteiger partial charge is 0.481 e. The smallest absolute Gasteiger partial charge is 0.313 e. The lowest BCUT2D eigenvalue weighted by Crippen LogP contribution is -1.98. The van der Waals surface area contributed by atoms with E-state index in [9.17, 15) is 4.79 Å². The van der Waals surface area contributed by atoms with Crippen LogP contribution in [0.1, 0.15) is 5.89 Å². The fourth-order valence-electron chi connectivity index (χ4n) is 1.24. The van der Waals surface area contributed by atoms with Crippen LogP contribution in [0.3, 0.4) is 0 Å². The molecule has 1 heterocycles. The third kappa shape index (κ3) is 2.68. The second kappa shape index (κ2) is 4.76. The average molecular weight is 258 g/mol. The molecule has 0 aliphatic rings. The zero-order valence-corrected chi connectivity index (χ0v) is 9.72. The average Bonchev–Trinajstić information content (AvgIpc) is 2.58. The number of hydrogen-bond donors (Lipinski definition) is 1. The monoisotopic (exact) mass is 257 g/mol. The number of benzene rings is 1.